The summed E-state index contributed by atoms with van der Waals surface area (Å²) in [7, 11) is 0. The number of rotatable bonds is 7. The van der Waals surface area contributed by atoms with Gasteiger partial charge in [0.2, 0.25) is 0 Å². The minimum atomic E-state index is -0.541. The maximum absolute atomic E-state index is 12.3. The highest BCUT2D eigenvalue weighted by molar-refractivity contribution is 8.00. The molecule has 0 aliphatic carbocycles. The molecule has 0 saturated heterocycles. The minimum absolute atomic E-state index is 0.0175. The number of ketones is 1. The van der Waals surface area contributed by atoms with E-state index in [1.54, 1.807) is 0 Å². The first-order valence-electron chi connectivity index (χ1n) is 7.95. The van der Waals surface area contributed by atoms with E-state index in [4.69, 9.17) is 5.73 Å². The largest absolute Gasteiger partial charge is 0.383 e. The van der Waals surface area contributed by atoms with Gasteiger partial charge < -0.3 is 5.73 Å². The lowest BCUT2D eigenvalue weighted by Gasteiger charge is -2.11. The molecule has 0 fully saturated rings. The van der Waals surface area contributed by atoms with Gasteiger partial charge in [0.15, 0.2) is 5.78 Å². The van der Waals surface area contributed by atoms with Gasteiger partial charge in [-0.05, 0) is 24.1 Å². The quantitative estimate of drug-likeness (QED) is 0.333. The van der Waals surface area contributed by atoms with E-state index in [-0.39, 0.29) is 34.2 Å². The number of carbonyl (C=O) groups excluding carboxylic acids is 1. The van der Waals surface area contributed by atoms with Gasteiger partial charge in [-0.15, -0.1) is 0 Å². The number of pyridine rings is 1. The number of nitro benzene ring substituents is 1. The van der Waals surface area contributed by atoms with E-state index in [2.05, 4.69) is 11.1 Å². The number of nitrogen functional groups attached to an aromatic ring is 1. The van der Waals surface area contributed by atoms with Crippen molar-refractivity contribution in [2.45, 2.75) is 24.8 Å². The van der Waals surface area contributed by atoms with Crippen LogP contribution in [0.3, 0.4) is 0 Å². The Kier molecular flexibility index (Phi) is 6.47. The molecule has 0 aliphatic rings. The number of thioether (sulfide) groups is 1. The van der Waals surface area contributed by atoms with Crippen molar-refractivity contribution in [3.05, 3.63) is 56.6 Å². The van der Waals surface area contributed by atoms with Crippen LogP contribution in [-0.2, 0) is 6.42 Å². The van der Waals surface area contributed by atoms with Gasteiger partial charge in [-0.2, -0.15) is 10.5 Å². The van der Waals surface area contributed by atoms with Crippen LogP contribution in [-0.4, -0.2) is 21.4 Å². The van der Waals surface area contributed by atoms with Crippen LogP contribution in [0.2, 0.25) is 0 Å². The number of nitrogens with zero attached hydrogens (tertiary/aromatic N) is 4. The normalized spacial score (nSPS) is 10.0. The molecule has 0 atom stereocenters. The van der Waals surface area contributed by atoms with E-state index < -0.39 is 4.92 Å². The predicted molar refractivity (Wildman–Crippen MR) is 100 cm³/mol. The SMILES string of the molecule is CCCc1c(C#N)c(N)nc(SCC(=O)c2ccc([N+](=O)[O-])cc2)c1C#N. The number of carbonyl (C=O) groups is 1. The highest BCUT2D eigenvalue weighted by Gasteiger charge is 2.19. The molecule has 27 heavy (non-hydrogen) atoms. The van der Waals surface area contributed by atoms with E-state index in [1.807, 2.05) is 13.0 Å². The van der Waals surface area contributed by atoms with Crippen LogP contribution in [0.25, 0.3) is 0 Å². The first-order valence-corrected chi connectivity index (χ1v) is 8.94. The standard InChI is InChI=1S/C18H15N5O3S/c1-2-3-13-14(8-19)17(21)22-18(15(13)9-20)27-10-16(24)11-4-6-12(7-5-11)23(25)26/h4-7H,2-3,10H2,1H3,(H2,21,22). The topological polar surface area (TPSA) is 147 Å². The number of nitriles is 2. The molecule has 0 unspecified atom stereocenters. The molecule has 136 valence electrons. The first-order chi connectivity index (χ1) is 12.9. The fourth-order valence-corrected chi connectivity index (χ4v) is 3.37. The maximum atomic E-state index is 12.3. The van der Waals surface area contributed by atoms with E-state index in [0.29, 0.717) is 22.6 Å². The number of anilines is 1. The molecule has 0 radical (unpaired) electrons. The Bertz CT molecular complexity index is 974. The smallest absolute Gasteiger partial charge is 0.269 e. The summed E-state index contributed by atoms with van der Waals surface area (Å²) in [6.07, 6.45) is 1.22. The lowest BCUT2D eigenvalue weighted by Crippen LogP contribution is -2.08. The zero-order chi connectivity index (χ0) is 20.0. The average Bonchev–Trinajstić information content (AvgIpc) is 2.66. The molecule has 0 bridgehead atoms. The number of aromatic nitrogens is 1. The zero-order valence-corrected chi connectivity index (χ0v) is 15.2. The Morgan fingerprint density at radius 3 is 2.41 bits per heavy atom. The van der Waals surface area contributed by atoms with Crippen LogP contribution < -0.4 is 5.73 Å². The lowest BCUT2D eigenvalue weighted by atomic mass is 10.0. The molecule has 2 N–H and O–H groups in total. The van der Waals surface area contributed by atoms with E-state index >= 15 is 0 Å². The molecule has 2 aromatic rings. The van der Waals surface area contributed by atoms with Gasteiger partial charge in [0.05, 0.1) is 21.8 Å². The minimum Gasteiger partial charge on any atom is -0.383 e. The molecule has 0 spiro atoms. The molecular formula is C18H15N5O3S. The molecule has 1 heterocycles. The van der Waals surface area contributed by atoms with E-state index in [9.17, 15) is 25.4 Å². The molecule has 1 aromatic heterocycles. The Balaban J connectivity index is 2.27. The number of nitro groups is 1. The van der Waals surface area contributed by atoms with Crippen molar-refractivity contribution in [2.24, 2.45) is 0 Å². The summed E-state index contributed by atoms with van der Waals surface area (Å²) >= 11 is 1.05. The van der Waals surface area contributed by atoms with Crippen molar-refractivity contribution in [1.29, 1.82) is 10.5 Å². The molecule has 0 aliphatic heterocycles. The number of hydrogen-bond donors (Lipinski definition) is 1. The Morgan fingerprint density at radius 1 is 1.26 bits per heavy atom. The van der Waals surface area contributed by atoms with Crippen molar-refractivity contribution < 1.29 is 9.72 Å². The van der Waals surface area contributed by atoms with Crippen LogP contribution in [0.4, 0.5) is 11.5 Å². The molecule has 0 saturated carbocycles. The summed E-state index contributed by atoms with van der Waals surface area (Å²) in [5, 5.41) is 29.8. The molecule has 1 aromatic carbocycles. The van der Waals surface area contributed by atoms with Crippen molar-refractivity contribution >= 4 is 29.1 Å². The number of nitrogens with two attached hydrogens (primary N) is 1. The molecule has 9 heteroatoms. The Hall–Kier alpha value is -3.43. The maximum Gasteiger partial charge on any atom is 0.269 e. The summed E-state index contributed by atoms with van der Waals surface area (Å²) < 4.78 is 0. The van der Waals surface area contributed by atoms with Crippen molar-refractivity contribution in [2.75, 3.05) is 11.5 Å². The lowest BCUT2D eigenvalue weighted by molar-refractivity contribution is -0.384. The van der Waals surface area contributed by atoms with Crippen LogP contribution in [0.1, 0.15) is 40.4 Å². The number of hydrogen-bond acceptors (Lipinski definition) is 8. The van der Waals surface area contributed by atoms with Crippen molar-refractivity contribution in [1.82, 2.24) is 4.98 Å². The number of non-ortho nitro benzene ring substituents is 1. The van der Waals surface area contributed by atoms with Crippen molar-refractivity contribution in [3.8, 4) is 12.1 Å². The van der Waals surface area contributed by atoms with Gasteiger partial charge in [0.25, 0.3) is 5.69 Å². The highest BCUT2D eigenvalue weighted by atomic mass is 32.2. The van der Waals surface area contributed by atoms with Gasteiger partial charge in [-0.3, -0.25) is 14.9 Å². The fraction of sp³-hybridized carbons (Fsp3) is 0.222. The van der Waals surface area contributed by atoms with Crippen molar-refractivity contribution in [3.63, 3.8) is 0 Å². The molecular weight excluding hydrogens is 366 g/mol. The second-order valence-corrected chi connectivity index (χ2v) is 6.48. The van der Waals surface area contributed by atoms with Gasteiger partial charge >= 0.3 is 0 Å². The fourth-order valence-electron chi connectivity index (χ4n) is 2.46. The molecule has 2 rings (SSSR count). The monoisotopic (exact) mass is 381 g/mol. The summed E-state index contributed by atoms with van der Waals surface area (Å²) in [5.41, 5.74) is 7.05. The third kappa shape index (κ3) is 4.40. The average molecular weight is 381 g/mol. The van der Waals surface area contributed by atoms with Gasteiger partial charge in [-0.25, -0.2) is 4.98 Å². The van der Waals surface area contributed by atoms with Crippen LogP contribution in [0.5, 0.6) is 0 Å². The predicted octanol–water partition coefficient (Wildman–Crippen LogP) is 3.24. The summed E-state index contributed by atoms with van der Waals surface area (Å²) in [4.78, 5) is 26.6. The molecule has 0 amide bonds. The molecule has 8 nitrogen and oxygen atoms in total. The Labute approximate surface area is 159 Å². The third-order valence-electron chi connectivity index (χ3n) is 3.76. The summed E-state index contributed by atoms with van der Waals surface area (Å²) in [6, 6.07) is 9.33. The first kappa shape index (κ1) is 19.9. The second kappa shape index (κ2) is 8.79. The number of Topliss-reactive ketones (excluding diaryl/α,β-unsaturated/α-hetero) is 1. The van der Waals surface area contributed by atoms with E-state index in [0.717, 1.165) is 18.2 Å². The zero-order valence-electron chi connectivity index (χ0n) is 14.4. The summed E-state index contributed by atoms with van der Waals surface area (Å²) in [6.45, 7) is 1.92. The van der Waals surface area contributed by atoms with Gasteiger partial charge in [0.1, 0.15) is 23.0 Å². The van der Waals surface area contributed by atoms with Crippen LogP contribution in [0, 0.1) is 32.8 Å². The van der Waals surface area contributed by atoms with Gasteiger partial charge in [0, 0.05) is 17.7 Å². The third-order valence-corrected chi connectivity index (χ3v) is 4.73. The van der Waals surface area contributed by atoms with Gasteiger partial charge in [-0.1, -0.05) is 25.1 Å². The Morgan fingerprint density at radius 2 is 1.89 bits per heavy atom. The van der Waals surface area contributed by atoms with Crippen LogP contribution >= 0.6 is 11.8 Å². The second-order valence-electron chi connectivity index (χ2n) is 5.52. The summed E-state index contributed by atoms with van der Waals surface area (Å²) in [5.74, 6) is -0.248. The number of benzene rings is 1. The van der Waals surface area contributed by atoms with Crippen LogP contribution in [0.15, 0.2) is 29.3 Å². The highest BCUT2D eigenvalue weighted by Crippen LogP contribution is 2.30. The van der Waals surface area contributed by atoms with E-state index in [1.165, 1.54) is 24.3 Å².